The Bertz CT molecular complexity index is 878. The molecular formula is C19H25N5OS. The highest BCUT2D eigenvalue weighted by molar-refractivity contribution is 7.19. The molecule has 0 unspecified atom stereocenters. The number of thiophene rings is 1. The molecule has 138 valence electrons. The van der Waals surface area contributed by atoms with Crippen LogP contribution in [-0.2, 0) is 24.2 Å². The van der Waals surface area contributed by atoms with Gasteiger partial charge in [-0.2, -0.15) is 0 Å². The lowest BCUT2D eigenvalue weighted by Crippen LogP contribution is -2.58. The van der Waals surface area contributed by atoms with Gasteiger partial charge in [0.05, 0.1) is 18.0 Å². The number of rotatable bonds is 2. The van der Waals surface area contributed by atoms with Crippen molar-refractivity contribution in [2.75, 3.05) is 18.8 Å². The van der Waals surface area contributed by atoms with Gasteiger partial charge in [-0.05, 0) is 51.0 Å². The van der Waals surface area contributed by atoms with Crippen LogP contribution in [0.5, 0.6) is 0 Å². The second-order valence-electron chi connectivity index (χ2n) is 7.85. The van der Waals surface area contributed by atoms with Gasteiger partial charge in [0.15, 0.2) is 0 Å². The number of anilines is 1. The molecule has 0 spiro atoms. The number of amides is 1. The summed E-state index contributed by atoms with van der Waals surface area (Å²) in [7, 11) is 0. The minimum Gasteiger partial charge on any atom is -0.383 e. The molecule has 3 aliphatic rings. The smallest absolute Gasteiger partial charge is 0.239 e. The number of hydrogen-bond donors (Lipinski definition) is 1. The zero-order chi connectivity index (χ0) is 17.8. The summed E-state index contributed by atoms with van der Waals surface area (Å²) in [6, 6.07) is 0.246. The molecule has 7 heteroatoms. The lowest BCUT2D eigenvalue weighted by Gasteiger charge is -2.41. The molecule has 1 amide bonds. The van der Waals surface area contributed by atoms with Gasteiger partial charge in [-0.1, -0.05) is 0 Å². The molecule has 2 saturated heterocycles. The van der Waals surface area contributed by atoms with Crippen molar-refractivity contribution in [3.05, 3.63) is 16.3 Å². The summed E-state index contributed by atoms with van der Waals surface area (Å²) in [5.41, 5.74) is 7.72. The van der Waals surface area contributed by atoms with Crippen molar-refractivity contribution in [1.29, 1.82) is 0 Å². The van der Waals surface area contributed by atoms with Gasteiger partial charge in [0.25, 0.3) is 0 Å². The van der Waals surface area contributed by atoms with Crippen LogP contribution in [0.4, 0.5) is 5.82 Å². The fourth-order valence-corrected chi connectivity index (χ4v) is 6.11. The average Bonchev–Trinajstić information content (AvgIpc) is 3.23. The third-order valence-electron chi connectivity index (χ3n) is 6.24. The zero-order valence-electron chi connectivity index (χ0n) is 15.2. The summed E-state index contributed by atoms with van der Waals surface area (Å²) < 4.78 is 0. The average molecular weight is 372 g/mol. The number of aryl methyl sites for hydroxylation is 2. The van der Waals surface area contributed by atoms with Crippen LogP contribution in [0.1, 0.15) is 48.9 Å². The molecule has 4 heterocycles. The van der Waals surface area contributed by atoms with Gasteiger partial charge in [-0.15, -0.1) is 11.3 Å². The lowest BCUT2D eigenvalue weighted by molar-refractivity contribution is -0.143. The fourth-order valence-electron chi connectivity index (χ4n) is 4.83. The van der Waals surface area contributed by atoms with E-state index in [1.807, 2.05) is 6.92 Å². The van der Waals surface area contributed by atoms with E-state index in [9.17, 15) is 4.79 Å². The van der Waals surface area contributed by atoms with Gasteiger partial charge in [0.2, 0.25) is 5.91 Å². The molecule has 2 N–H and O–H groups in total. The van der Waals surface area contributed by atoms with Gasteiger partial charge >= 0.3 is 0 Å². The van der Waals surface area contributed by atoms with Gasteiger partial charge in [-0.3, -0.25) is 9.69 Å². The largest absolute Gasteiger partial charge is 0.383 e. The first-order valence-corrected chi connectivity index (χ1v) is 10.5. The maximum atomic E-state index is 12.6. The highest BCUT2D eigenvalue weighted by Crippen LogP contribution is 2.38. The number of carbonyl (C=O) groups is 1. The maximum Gasteiger partial charge on any atom is 0.239 e. The zero-order valence-corrected chi connectivity index (χ0v) is 16.0. The first-order chi connectivity index (χ1) is 12.6. The highest BCUT2D eigenvalue weighted by atomic mass is 32.1. The van der Waals surface area contributed by atoms with E-state index in [0.717, 1.165) is 54.8 Å². The van der Waals surface area contributed by atoms with E-state index in [-0.39, 0.29) is 11.9 Å². The van der Waals surface area contributed by atoms with E-state index < -0.39 is 0 Å². The second-order valence-corrected chi connectivity index (χ2v) is 8.93. The number of nitrogens with zero attached hydrogens (tertiary/aromatic N) is 4. The van der Waals surface area contributed by atoms with Crippen molar-refractivity contribution < 1.29 is 4.79 Å². The third kappa shape index (κ3) is 2.52. The number of carbonyl (C=O) groups excluding carboxylic acids is 1. The number of piperazine rings is 1. The molecule has 5 rings (SSSR count). The van der Waals surface area contributed by atoms with Crippen molar-refractivity contribution in [3.8, 4) is 0 Å². The quantitative estimate of drug-likeness (QED) is 0.877. The van der Waals surface area contributed by atoms with Crippen LogP contribution >= 0.6 is 11.3 Å². The normalized spacial score (nSPS) is 26.3. The molecular weight excluding hydrogens is 346 g/mol. The van der Waals surface area contributed by atoms with Crippen molar-refractivity contribution >= 4 is 33.3 Å². The predicted octanol–water partition coefficient (Wildman–Crippen LogP) is 2.35. The highest BCUT2D eigenvalue weighted by Gasteiger charge is 2.40. The van der Waals surface area contributed by atoms with Crippen LogP contribution in [0.3, 0.4) is 0 Å². The van der Waals surface area contributed by atoms with Crippen molar-refractivity contribution in [2.24, 2.45) is 0 Å². The Morgan fingerprint density at radius 1 is 1.23 bits per heavy atom. The van der Waals surface area contributed by atoms with E-state index in [0.29, 0.717) is 18.4 Å². The number of fused-ring (bicyclic) bond motifs is 4. The van der Waals surface area contributed by atoms with Gasteiger partial charge in [0, 0.05) is 24.0 Å². The van der Waals surface area contributed by atoms with Gasteiger partial charge < -0.3 is 10.6 Å². The van der Waals surface area contributed by atoms with E-state index in [1.54, 1.807) is 11.3 Å². The molecule has 26 heavy (non-hydrogen) atoms. The minimum atomic E-state index is -0.110. The molecule has 2 aromatic heterocycles. The van der Waals surface area contributed by atoms with Crippen LogP contribution in [0.15, 0.2) is 0 Å². The first kappa shape index (κ1) is 16.4. The summed E-state index contributed by atoms with van der Waals surface area (Å²) in [5, 5.41) is 1.08. The van der Waals surface area contributed by atoms with Crippen molar-refractivity contribution in [1.82, 2.24) is 19.8 Å². The molecule has 2 aromatic rings. The van der Waals surface area contributed by atoms with Crippen LogP contribution in [-0.4, -0.2) is 50.8 Å². The summed E-state index contributed by atoms with van der Waals surface area (Å²) in [6.45, 7) is 4.43. The number of nitrogen functional groups attached to an aromatic ring is 1. The molecule has 0 saturated carbocycles. The van der Waals surface area contributed by atoms with Gasteiger partial charge in [0.1, 0.15) is 16.5 Å². The third-order valence-corrected chi connectivity index (χ3v) is 7.43. The van der Waals surface area contributed by atoms with E-state index in [4.69, 9.17) is 10.7 Å². The summed E-state index contributed by atoms with van der Waals surface area (Å²) in [6.07, 6.45) is 6.94. The standard InChI is InChI=1S/C19H25N5OS/c1-11-19(25)24-8-4-5-12(24)9-23(11)10-15-21-17(20)16-13-6-2-3-7-14(13)26-18(16)22-15/h11-12H,2-10H2,1H3,(H2,20,21,22)/t11-,12+/m0/s1. The summed E-state index contributed by atoms with van der Waals surface area (Å²) in [5.74, 6) is 1.61. The molecule has 2 atom stereocenters. The van der Waals surface area contributed by atoms with Crippen LogP contribution < -0.4 is 5.73 Å². The van der Waals surface area contributed by atoms with Gasteiger partial charge in [-0.25, -0.2) is 9.97 Å². The number of hydrogen-bond acceptors (Lipinski definition) is 6. The van der Waals surface area contributed by atoms with E-state index in [2.05, 4.69) is 14.8 Å². The Kier molecular flexibility index (Phi) is 3.90. The summed E-state index contributed by atoms with van der Waals surface area (Å²) in [4.78, 5) is 28.9. The number of aromatic nitrogens is 2. The first-order valence-electron chi connectivity index (χ1n) is 9.73. The molecule has 6 nitrogen and oxygen atoms in total. The Morgan fingerprint density at radius 3 is 2.96 bits per heavy atom. The molecule has 2 fully saturated rings. The van der Waals surface area contributed by atoms with Crippen LogP contribution in [0.25, 0.3) is 10.2 Å². The molecule has 0 aromatic carbocycles. The number of nitrogens with two attached hydrogens (primary N) is 1. The monoisotopic (exact) mass is 371 g/mol. The maximum absolute atomic E-state index is 12.6. The fraction of sp³-hybridized carbons (Fsp3) is 0.632. The lowest BCUT2D eigenvalue weighted by atomic mass is 9.97. The minimum absolute atomic E-state index is 0.110. The summed E-state index contributed by atoms with van der Waals surface area (Å²) >= 11 is 1.78. The molecule has 0 bridgehead atoms. The van der Waals surface area contributed by atoms with E-state index >= 15 is 0 Å². The van der Waals surface area contributed by atoms with Crippen LogP contribution in [0.2, 0.25) is 0 Å². The van der Waals surface area contributed by atoms with Crippen molar-refractivity contribution in [2.45, 2.75) is 64.1 Å². The molecule has 2 aliphatic heterocycles. The Morgan fingerprint density at radius 2 is 2.08 bits per heavy atom. The SMILES string of the molecule is C[C@H]1C(=O)N2CCC[C@@H]2CN1Cc1nc(N)c2c3c(sc2n1)CCCC3. The molecule has 1 aliphatic carbocycles. The Balaban J connectivity index is 1.45. The van der Waals surface area contributed by atoms with Crippen molar-refractivity contribution in [3.63, 3.8) is 0 Å². The Hall–Kier alpha value is -1.73. The van der Waals surface area contributed by atoms with Crippen LogP contribution in [0, 0.1) is 0 Å². The molecule has 0 radical (unpaired) electrons. The van der Waals surface area contributed by atoms with E-state index in [1.165, 1.54) is 23.3 Å². The Labute approximate surface area is 157 Å². The topological polar surface area (TPSA) is 75.4 Å². The predicted molar refractivity (Wildman–Crippen MR) is 103 cm³/mol. The second kappa shape index (κ2) is 6.16.